The van der Waals surface area contributed by atoms with Gasteiger partial charge in [0.05, 0.1) is 0 Å². The fourth-order valence-corrected chi connectivity index (χ4v) is 2.52. The summed E-state index contributed by atoms with van der Waals surface area (Å²) in [5.74, 6) is 0.926. The summed E-state index contributed by atoms with van der Waals surface area (Å²) >= 11 is 6.20. The predicted molar refractivity (Wildman–Crippen MR) is 68.4 cm³/mol. The smallest absolute Gasteiger partial charge is 0.120 e. The molecule has 0 amide bonds. The zero-order chi connectivity index (χ0) is 11.9. The van der Waals surface area contributed by atoms with Crippen molar-refractivity contribution in [2.75, 3.05) is 0 Å². The minimum absolute atomic E-state index is 0.0346. The second kappa shape index (κ2) is 3.96. The van der Waals surface area contributed by atoms with Crippen LogP contribution in [0.25, 0.3) is 0 Å². The zero-order valence-electron chi connectivity index (χ0n) is 10.2. The van der Waals surface area contributed by atoms with Crippen LogP contribution in [0.4, 0.5) is 0 Å². The molecule has 1 aliphatic carbocycles. The van der Waals surface area contributed by atoms with Gasteiger partial charge in [-0.15, -0.1) is 0 Å². The maximum atomic E-state index is 9.94. The maximum Gasteiger partial charge on any atom is 0.120 e. The summed E-state index contributed by atoms with van der Waals surface area (Å²) in [6.07, 6.45) is 3.76. The Balaban J connectivity index is 2.46. The molecule has 0 bridgehead atoms. The molecule has 16 heavy (non-hydrogen) atoms. The first-order valence-electron chi connectivity index (χ1n) is 5.92. The van der Waals surface area contributed by atoms with Crippen LogP contribution in [0.15, 0.2) is 12.1 Å². The van der Waals surface area contributed by atoms with E-state index in [2.05, 4.69) is 26.8 Å². The van der Waals surface area contributed by atoms with Gasteiger partial charge in [0.1, 0.15) is 5.75 Å². The number of phenols is 1. The van der Waals surface area contributed by atoms with Gasteiger partial charge in [0.2, 0.25) is 0 Å². The van der Waals surface area contributed by atoms with Gasteiger partial charge in [-0.25, -0.2) is 0 Å². The van der Waals surface area contributed by atoms with Gasteiger partial charge in [-0.1, -0.05) is 38.8 Å². The molecular formula is C14H19ClO. The molecule has 2 rings (SSSR count). The number of phenolic OH excluding ortho intramolecular Hbond substituents is 1. The quantitative estimate of drug-likeness (QED) is 0.758. The molecule has 1 aromatic carbocycles. The van der Waals surface area contributed by atoms with E-state index < -0.39 is 0 Å². The highest BCUT2D eigenvalue weighted by Gasteiger charge is 2.26. The summed E-state index contributed by atoms with van der Waals surface area (Å²) < 4.78 is 0. The summed E-state index contributed by atoms with van der Waals surface area (Å²) in [6.45, 7) is 6.33. The monoisotopic (exact) mass is 238 g/mol. The molecule has 0 aromatic heterocycles. The SMILES string of the molecule is CC(C)(C)c1cc(C2CCC2)c(Cl)cc1O. The largest absolute Gasteiger partial charge is 0.508 e. The average Bonchev–Trinajstić information content (AvgIpc) is 2.03. The Morgan fingerprint density at radius 2 is 1.88 bits per heavy atom. The van der Waals surface area contributed by atoms with Crippen LogP contribution >= 0.6 is 11.6 Å². The molecule has 0 aliphatic heterocycles. The zero-order valence-corrected chi connectivity index (χ0v) is 10.9. The van der Waals surface area contributed by atoms with Crippen LogP contribution in [-0.2, 0) is 5.41 Å². The van der Waals surface area contributed by atoms with E-state index in [9.17, 15) is 5.11 Å². The number of aromatic hydroxyl groups is 1. The van der Waals surface area contributed by atoms with Crippen molar-refractivity contribution in [3.8, 4) is 5.75 Å². The summed E-state index contributed by atoms with van der Waals surface area (Å²) in [6, 6.07) is 3.80. The number of hydrogen-bond acceptors (Lipinski definition) is 1. The lowest BCUT2D eigenvalue weighted by atomic mass is 9.77. The fraction of sp³-hybridized carbons (Fsp3) is 0.571. The van der Waals surface area contributed by atoms with Crippen LogP contribution < -0.4 is 0 Å². The van der Waals surface area contributed by atoms with E-state index in [0.717, 1.165) is 10.6 Å². The van der Waals surface area contributed by atoms with Crippen LogP contribution in [0.2, 0.25) is 5.02 Å². The van der Waals surface area contributed by atoms with Crippen LogP contribution in [0.3, 0.4) is 0 Å². The highest BCUT2D eigenvalue weighted by Crippen LogP contribution is 2.43. The molecule has 0 atom stereocenters. The molecule has 2 heteroatoms. The topological polar surface area (TPSA) is 20.2 Å². The van der Waals surface area contributed by atoms with Gasteiger partial charge in [-0.05, 0) is 47.4 Å². The van der Waals surface area contributed by atoms with E-state index in [-0.39, 0.29) is 5.41 Å². The molecule has 88 valence electrons. The van der Waals surface area contributed by atoms with Gasteiger partial charge < -0.3 is 5.11 Å². The van der Waals surface area contributed by atoms with Crippen molar-refractivity contribution < 1.29 is 5.11 Å². The molecule has 0 unspecified atom stereocenters. The second-order valence-corrected chi connectivity index (χ2v) is 6.18. The van der Waals surface area contributed by atoms with E-state index in [1.165, 1.54) is 24.8 Å². The van der Waals surface area contributed by atoms with E-state index in [1.807, 2.05) is 0 Å². The molecule has 1 N–H and O–H groups in total. The highest BCUT2D eigenvalue weighted by atomic mass is 35.5. The minimum Gasteiger partial charge on any atom is -0.508 e. The Hall–Kier alpha value is -0.690. The van der Waals surface area contributed by atoms with Crippen LogP contribution in [0, 0.1) is 0 Å². The Morgan fingerprint density at radius 1 is 1.25 bits per heavy atom. The van der Waals surface area contributed by atoms with Gasteiger partial charge in [-0.2, -0.15) is 0 Å². The van der Waals surface area contributed by atoms with Crippen LogP contribution in [0.5, 0.6) is 5.75 Å². The Labute approximate surface area is 102 Å². The molecule has 1 saturated carbocycles. The molecule has 1 aromatic rings. The van der Waals surface area contributed by atoms with Crippen molar-refractivity contribution in [1.29, 1.82) is 0 Å². The number of halogens is 1. The fourth-order valence-electron chi connectivity index (χ4n) is 2.21. The lowest BCUT2D eigenvalue weighted by Gasteiger charge is -2.29. The van der Waals surface area contributed by atoms with Crippen molar-refractivity contribution >= 4 is 11.6 Å². The minimum atomic E-state index is -0.0346. The lowest BCUT2D eigenvalue weighted by molar-refractivity contribution is 0.414. The van der Waals surface area contributed by atoms with Crippen molar-refractivity contribution in [2.24, 2.45) is 0 Å². The molecule has 0 saturated heterocycles. The summed E-state index contributed by atoms with van der Waals surface area (Å²) in [4.78, 5) is 0. The molecular weight excluding hydrogens is 220 g/mol. The average molecular weight is 239 g/mol. The van der Waals surface area contributed by atoms with Crippen molar-refractivity contribution in [2.45, 2.75) is 51.4 Å². The number of rotatable bonds is 1. The Bertz CT molecular complexity index is 400. The van der Waals surface area contributed by atoms with Gasteiger partial charge in [-0.3, -0.25) is 0 Å². The molecule has 0 heterocycles. The number of hydrogen-bond donors (Lipinski definition) is 1. The molecule has 1 aliphatic rings. The van der Waals surface area contributed by atoms with E-state index in [4.69, 9.17) is 11.6 Å². The number of benzene rings is 1. The Morgan fingerprint density at radius 3 is 2.31 bits per heavy atom. The summed E-state index contributed by atoms with van der Waals surface area (Å²) in [5.41, 5.74) is 2.18. The van der Waals surface area contributed by atoms with Gasteiger partial charge in [0.15, 0.2) is 0 Å². The highest BCUT2D eigenvalue weighted by molar-refractivity contribution is 6.31. The van der Waals surface area contributed by atoms with E-state index >= 15 is 0 Å². The summed E-state index contributed by atoms with van der Waals surface area (Å²) in [5, 5.41) is 10.7. The molecule has 1 fully saturated rings. The van der Waals surface area contributed by atoms with Crippen LogP contribution in [-0.4, -0.2) is 5.11 Å². The van der Waals surface area contributed by atoms with Crippen molar-refractivity contribution in [3.63, 3.8) is 0 Å². The van der Waals surface area contributed by atoms with Crippen LogP contribution in [0.1, 0.15) is 57.1 Å². The first kappa shape index (κ1) is 11.8. The first-order valence-corrected chi connectivity index (χ1v) is 6.30. The van der Waals surface area contributed by atoms with E-state index in [0.29, 0.717) is 11.7 Å². The van der Waals surface area contributed by atoms with Gasteiger partial charge in [0.25, 0.3) is 0 Å². The first-order chi connectivity index (χ1) is 7.39. The molecule has 0 radical (unpaired) electrons. The second-order valence-electron chi connectivity index (χ2n) is 5.77. The third-order valence-electron chi connectivity index (χ3n) is 3.47. The molecule has 0 spiro atoms. The molecule has 1 nitrogen and oxygen atoms in total. The van der Waals surface area contributed by atoms with E-state index in [1.54, 1.807) is 6.07 Å². The Kier molecular flexibility index (Phi) is 2.91. The normalized spacial score (nSPS) is 17.2. The maximum absolute atomic E-state index is 9.94. The van der Waals surface area contributed by atoms with Gasteiger partial charge >= 0.3 is 0 Å². The van der Waals surface area contributed by atoms with Gasteiger partial charge in [0, 0.05) is 5.02 Å². The van der Waals surface area contributed by atoms with Crippen molar-refractivity contribution in [3.05, 3.63) is 28.3 Å². The standard InChI is InChI=1S/C14H19ClO/c1-14(2,3)11-7-10(9-5-4-6-9)12(15)8-13(11)16/h7-9,16H,4-6H2,1-3H3. The lowest BCUT2D eigenvalue weighted by Crippen LogP contribution is -2.15. The third kappa shape index (κ3) is 2.06. The van der Waals surface area contributed by atoms with Crippen molar-refractivity contribution in [1.82, 2.24) is 0 Å². The summed E-state index contributed by atoms with van der Waals surface area (Å²) in [7, 11) is 0. The third-order valence-corrected chi connectivity index (χ3v) is 3.80. The predicted octanol–water partition coefficient (Wildman–Crippen LogP) is 4.61.